The Labute approximate surface area is 193 Å². The minimum absolute atomic E-state index is 0.0489. The molecule has 0 aliphatic heterocycles. The second-order valence-corrected chi connectivity index (χ2v) is 11.5. The van der Waals surface area contributed by atoms with Crippen molar-refractivity contribution in [1.29, 1.82) is 0 Å². The van der Waals surface area contributed by atoms with Crippen molar-refractivity contribution < 1.29 is 19.4 Å². The second kappa shape index (κ2) is 8.74. The molecule has 0 saturated heterocycles. The zero-order chi connectivity index (χ0) is 23.3. The molecule has 3 fully saturated rings. The van der Waals surface area contributed by atoms with Crippen LogP contribution in [0.4, 0.5) is 0 Å². The molecule has 178 valence electrons. The molecule has 9 atom stereocenters. The van der Waals surface area contributed by atoms with E-state index < -0.39 is 0 Å². The maximum Gasteiger partial charge on any atom is 0.330 e. The number of ketones is 1. The molecule has 0 aromatic carbocycles. The van der Waals surface area contributed by atoms with Gasteiger partial charge in [-0.15, -0.1) is 0 Å². The lowest BCUT2D eigenvalue weighted by molar-refractivity contribution is -0.137. The van der Waals surface area contributed by atoms with E-state index in [1.165, 1.54) is 12.0 Å². The van der Waals surface area contributed by atoms with Gasteiger partial charge in [-0.1, -0.05) is 39.3 Å². The molecule has 0 heterocycles. The van der Waals surface area contributed by atoms with Crippen molar-refractivity contribution in [1.82, 2.24) is 0 Å². The fourth-order valence-electron chi connectivity index (χ4n) is 8.65. The molecule has 3 saturated carbocycles. The molecule has 4 aliphatic carbocycles. The Morgan fingerprint density at radius 2 is 1.97 bits per heavy atom. The predicted octanol–water partition coefficient (Wildman–Crippen LogP) is 5.50. The molecule has 4 aliphatic rings. The van der Waals surface area contributed by atoms with Gasteiger partial charge in [0.05, 0.1) is 12.7 Å². The van der Waals surface area contributed by atoms with Crippen LogP contribution in [0.2, 0.25) is 0 Å². The van der Waals surface area contributed by atoms with Crippen molar-refractivity contribution in [3.05, 3.63) is 23.8 Å². The van der Waals surface area contributed by atoms with E-state index >= 15 is 0 Å². The fourth-order valence-corrected chi connectivity index (χ4v) is 8.65. The van der Waals surface area contributed by atoms with Crippen LogP contribution in [0.15, 0.2) is 23.8 Å². The summed E-state index contributed by atoms with van der Waals surface area (Å²) in [5.74, 6) is 2.19. The number of allylic oxidation sites excluding steroid dienone is 1. The minimum Gasteiger partial charge on any atom is -0.463 e. The van der Waals surface area contributed by atoms with Crippen LogP contribution in [0.25, 0.3) is 0 Å². The molecule has 0 spiro atoms. The lowest BCUT2D eigenvalue weighted by atomic mass is 9.43. The van der Waals surface area contributed by atoms with Crippen LogP contribution >= 0.6 is 0 Å². The number of hydrogen-bond acceptors (Lipinski definition) is 4. The zero-order valence-corrected chi connectivity index (χ0v) is 20.6. The molecule has 0 bridgehead atoms. The summed E-state index contributed by atoms with van der Waals surface area (Å²) < 4.78 is 5.08. The molecular weight excluding hydrogens is 400 g/mol. The summed E-state index contributed by atoms with van der Waals surface area (Å²) in [6.07, 6.45) is 12.3. The molecule has 1 N–H and O–H groups in total. The molecule has 4 nitrogen and oxygen atoms in total. The van der Waals surface area contributed by atoms with Crippen LogP contribution in [0.5, 0.6) is 0 Å². The first-order valence-corrected chi connectivity index (χ1v) is 12.9. The number of aliphatic hydroxyl groups excluding tert-OH is 1. The quantitative estimate of drug-likeness (QED) is 0.451. The standard InChI is InChI=1S/C28H42O4/c1-6-19-23-16-18(29)12-14-28(23,5)22-13-15-27(4)20(9-10-21(27)25(22)26(19)31)17(3)8-11-24(30)32-7-2/h8,11,16-17,19-22,25-26,31H,6-7,9-10,12-15H2,1-5H3/b11-8+/t17-,19+,20-,21?,22?,25?,26-,27-,28-/m1/s1. The lowest BCUT2D eigenvalue weighted by Gasteiger charge is -2.61. The van der Waals surface area contributed by atoms with Crippen molar-refractivity contribution in [2.24, 2.45) is 46.3 Å². The van der Waals surface area contributed by atoms with E-state index in [4.69, 9.17) is 4.74 Å². The van der Waals surface area contributed by atoms with Crippen LogP contribution in [-0.2, 0) is 14.3 Å². The molecule has 0 radical (unpaired) electrons. The van der Waals surface area contributed by atoms with Gasteiger partial charge in [0.2, 0.25) is 0 Å². The first kappa shape index (κ1) is 23.7. The van der Waals surface area contributed by atoms with Crippen molar-refractivity contribution in [2.75, 3.05) is 6.61 Å². The Kier molecular flexibility index (Phi) is 6.48. The Morgan fingerprint density at radius 1 is 1.22 bits per heavy atom. The van der Waals surface area contributed by atoms with E-state index in [0.29, 0.717) is 42.6 Å². The third kappa shape index (κ3) is 3.61. The molecule has 4 heteroatoms. The number of fused-ring (bicyclic) bond motifs is 5. The van der Waals surface area contributed by atoms with Gasteiger partial charge in [-0.05, 0) is 91.9 Å². The summed E-state index contributed by atoms with van der Waals surface area (Å²) in [6, 6.07) is 0. The maximum atomic E-state index is 12.3. The first-order valence-electron chi connectivity index (χ1n) is 12.9. The molecule has 0 amide bonds. The van der Waals surface area contributed by atoms with Gasteiger partial charge in [-0.25, -0.2) is 4.79 Å². The monoisotopic (exact) mass is 442 g/mol. The maximum absolute atomic E-state index is 12.3. The zero-order valence-electron chi connectivity index (χ0n) is 20.6. The van der Waals surface area contributed by atoms with Gasteiger partial charge in [-0.3, -0.25) is 4.79 Å². The van der Waals surface area contributed by atoms with Gasteiger partial charge in [0.1, 0.15) is 0 Å². The highest BCUT2D eigenvalue weighted by Crippen LogP contribution is 2.68. The number of ether oxygens (including phenoxy) is 1. The average molecular weight is 443 g/mol. The van der Waals surface area contributed by atoms with Crippen molar-refractivity contribution in [2.45, 2.75) is 85.7 Å². The summed E-state index contributed by atoms with van der Waals surface area (Å²) >= 11 is 0. The summed E-state index contributed by atoms with van der Waals surface area (Å²) in [6.45, 7) is 11.5. The summed E-state index contributed by atoms with van der Waals surface area (Å²) in [5.41, 5.74) is 1.47. The first-order chi connectivity index (χ1) is 15.2. The van der Waals surface area contributed by atoms with E-state index in [0.717, 1.165) is 32.1 Å². The fraction of sp³-hybridized carbons (Fsp3) is 0.786. The Bertz CT molecular complexity index is 812. The van der Waals surface area contributed by atoms with Gasteiger partial charge in [0.15, 0.2) is 5.78 Å². The molecule has 4 rings (SSSR count). The second-order valence-electron chi connectivity index (χ2n) is 11.5. The van der Waals surface area contributed by atoms with Gasteiger partial charge >= 0.3 is 5.97 Å². The van der Waals surface area contributed by atoms with Gasteiger partial charge < -0.3 is 9.84 Å². The van der Waals surface area contributed by atoms with Crippen LogP contribution in [0, 0.1) is 46.3 Å². The van der Waals surface area contributed by atoms with E-state index in [1.54, 1.807) is 6.08 Å². The topological polar surface area (TPSA) is 63.6 Å². The van der Waals surface area contributed by atoms with E-state index in [2.05, 4.69) is 27.7 Å². The molecule has 0 aromatic heterocycles. The average Bonchev–Trinajstić information content (AvgIpc) is 3.11. The highest BCUT2D eigenvalue weighted by atomic mass is 16.5. The van der Waals surface area contributed by atoms with Crippen molar-refractivity contribution in [3.8, 4) is 0 Å². The molecule has 32 heavy (non-hydrogen) atoms. The third-order valence-corrected chi connectivity index (χ3v) is 10.2. The van der Waals surface area contributed by atoms with Crippen LogP contribution in [0.3, 0.4) is 0 Å². The normalized spacial score (nSPS) is 44.4. The van der Waals surface area contributed by atoms with Gasteiger partial charge in [0, 0.05) is 18.4 Å². The Morgan fingerprint density at radius 3 is 2.66 bits per heavy atom. The number of carbonyl (C=O) groups is 2. The third-order valence-electron chi connectivity index (χ3n) is 10.2. The van der Waals surface area contributed by atoms with Crippen molar-refractivity contribution >= 4 is 11.8 Å². The van der Waals surface area contributed by atoms with Gasteiger partial charge in [-0.2, -0.15) is 0 Å². The number of hydrogen-bond donors (Lipinski definition) is 1. The SMILES string of the molecule is CCOC(=O)/C=C/[C@@H](C)[C@H]1CCC2C3C(CC[C@@]21C)[C@@]1(C)CCC(=O)C=C1[C@H](CC)[C@H]3O. The number of aliphatic hydroxyl groups is 1. The Balaban J connectivity index is 1.62. The molecule has 3 unspecified atom stereocenters. The van der Waals surface area contributed by atoms with Crippen LogP contribution in [0.1, 0.15) is 79.6 Å². The van der Waals surface area contributed by atoms with E-state index in [9.17, 15) is 14.7 Å². The molecule has 0 aromatic rings. The Hall–Kier alpha value is -1.42. The van der Waals surface area contributed by atoms with Crippen molar-refractivity contribution in [3.63, 3.8) is 0 Å². The predicted molar refractivity (Wildman–Crippen MR) is 126 cm³/mol. The lowest BCUT2D eigenvalue weighted by Crippen LogP contribution is -2.58. The number of rotatable bonds is 5. The number of esters is 1. The van der Waals surface area contributed by atoms with Gasteiger partial charge in [0.25, 0.3) is 0 Å². The summed E-state index contributed by atoms with van der Waals surface area (Å²) in [4.78, 5) is 24.1. The summed E-state index contributed by atoms with van der Waals surface area (Å²) in [5, 5.41) is 11.7. The largest absolute Gasteiger partial charge is 0.463 e. The highest BCUT2D eigenvalue weighted by molar-refractivity contribution is 5.91. The smallest absolute Gasteiger partial charge is 0.330 e. The molecular formula is C28H42O4. The summed E-state index contributed by atoms with van der Waals surface area (Å²) in [7, 11) is 0. The van der Waals surface area contributed by atoms with Crippen LogP contribution < -0.4 is 0 Å². The highest BCUT2D eigenvalue weighted by Gasteiger charge is 2.63. The van der Waals surface area contributed by atoms with Crippen LogP contribution in [-0.4, -0.2) is 29.6 Å². The van der Waals surface area contributed by atoms with E-state index in [1.807, 2.05) is 19.1 Å². The minimum atomic E-state index is -0.357. The van der Waals surface area contributed by atoms with E-state index in [-0.39, 0.29) is 34.6 Å². The number of carbonyl (C=O) groups excluding carboxylic acids is 2.